The average molecular weight is 387 g/mol. The van der Waals surface area contributed by atoms with Gasteiger partial charge in [-0.15, -0.1) is 0 Å². The van der Waals surface area contributed by atoms with Gasteiger partial charge in [0.15, 0.2) is 0 Å². The lowest BCUT2D eigenvalue weighted by Gasteiger charge is -2.17. The van der Waals surface area contributed by atoms with Crippen molar-refractivity contribution in [3.8, 4) is 0 Å². The summed E-state index contributed by atoms with van der Waals surface area (Å²) >= 11 is 0. The number of amides is 2. The zero-order valence-electron chi connectivity index (χ0n) is 16.9. The molecular formula is C24H25N3O2. The maximum absolute atomic E-state index is 12.6. The van der Waals surface area contributed by atoms with Gasteiger partial charge >= 0.3 is 0 Å². The number of nitrogens with one attached hydrogen (secondary N) is 2. The maximum atomic E-state index is 12.6. The molecule has 0 aliphatic heterocycles. The lowest BCUT2D eigenvalue weighted by Crippen LogP contribution is -2.26. The zero-order valence-corrected chi connectivity index (χ0v) is 16.9. The van der Waals surface area contributed by atoms with Crippen molar-refractivity contribution in [1.82, 2.24) is 0 Å². The molecule has 0 unspecified atom stereocenters. The second-order valence-corrected chi connectivity index (χ2v) is 6.93. The van der Waals surface area contributed by atoms with E-state index < -0.39 is 0 Å². The molecule has 0 fully saturated rings. The number of nitrogens with zero attached hydrogens (tertiary/aromatic N) is 1. The SMILES string of the molecule is Cc1cccc(NC(=O)CNc2ccc(C(=O)N(C)c3ccccc3)cc2)c1C. The van der Waals surface area contributed by atoms with Crippen LogP contribution in [-0.2, 0) is 4.79 Å². The molecule has 2 N–H and O–H groups in total. The summed E-state index contributed by atoms with van der Waals surface area (Å²) in [7, 11) is 1.75. The highest BCUT2D eigenvalue weighted by molar-refractivity contribution is 6.05. The number of anilines is 3. The zero-order chi connectivity index (χ0) is 20.8. The first-order chi connectivity index (χ1) is 14.0. The third-order valence-corrected chi connectivity index (χ3v) is 4.91. The monoisotopic (exact) mass is 387 g/mol. The van der Waals surface area contributed by atoms with Crippen LogP contribution in [0.1, 0.15) is 21.5 Å². The van der Waals surface area contributed by atoms with E-state index in [1.54, 1.807) is 36.2 Å². The molecular weight excluding hydrogens is 362 g/mol. The van der Waals surface area contributed by atoms with E-state index in [9.17, 15) is 9.59 Å². The van der Waals surface area contributed by atoms with Gasteiger partial charge < -0.3 is 15.5 Å². The van der Waals surface area contributed by atoms with Crippen molar-refractivity contribution < 1.29 is 9.59 Å². The molecule has 3 rings (SSSR count). The van der Waals surface area contributed by atoms with Gasteiger partial charge in [-0.25, -0.2) is 0 Å². The number of para-hydroxylation sites is 1. The Balaban J connectivity index is 1.57. The lowest BCUT2D eigenvalue weighted by molar-refractivity contribution is -0.114. The number of hydrogen-bond acceptors (Lipinski definition) is 3. The van der Waals surface area contributed by atoms with Gasteiger partial charge in [0.25, 0.3) is 5.91 Å². The van der Waals surface area contributed by atoms with Crippen molar-refractivity contribution in [1.29, 1.82) is 0 Å². The van der Waals surface area contributed by atoms with E-state index in [0.29, 0.717) is 5.56 Å². The van der Waals surface area contributed by atoms with Crippen molar-refractivity contribution >= 4 is 28.9 Å². The number of carbonyl (C=O) groups is 2. The van der Waals surface area contributed by atoms with Gasteiger partial charge in [0.2, 0.25) is 5.91 Å². The molecule has 0 saturated carbocycles. The van der Waals surface area contributed by atoms with E-state index in [1.165, 1.54) is 0 Å². The molecule has 3 aromatic rings. The first-order valence-corrected chi connectivity index (χ1v) is 9.49. The van der Waals surface area contributed by atoms with Gasteiger partial charge in [-0.2, -0.15) is 0 Å². The number of carbonyl (C=O) groups excluding carboxylic acids is 2. The minimum atomic E-state index is -0.123. The number of aryl methyl sites for hydroxylation is 1. The van der Waals surface area contributed by atoms with E-state index in [-0.39, 0.29) is 18.4 Å². The van der Waals surface area contributed by atoms with Gasteiger partial charge in [0.05, 0.1) is 6.54 Å². The molecule has 0 spiro atoms. The Morgan fingerprint density at radius 1 is 0.862 bits per heavy atom. The standard InChI is InChI=1S/C24H25N3O2/c1-17-8-7-11-22(18(17)2)26-23(28)16-25-20-14-12-19(13-15-20)24(29)27(3)21-9-5-4-6-10-21/h4-15,25H,16H2,1-3H3,(H,26,28). The molecule has 0 aliphatic carbocycles. The first kappa shape index (κ1) is 20.1. The predicted molar refractivity (Wildman–Crippen MR) is 119 cm³/mol. The van der Waals surface area contributed by atoms with Crippen LogP contribution in [0, 0.1) is 13.8 Å². The maximum Gasteiger partial charge on any atom is 0.258 e. The van der Waals surface area contributed by atoms with Gasteiger partial charge in [0, 0.05) is 29.7 Å². The van der Waals surface area contributed by atoms with Crippen LogP contribution in [0.5, 0.6) is 0 Å². The minimum absolute atomic E-state index is 0.0876. The summed E-state index contributed by atoms with van der Waals surface area (Å²) < 4.78 is 0. The Labute approximate surface area is 171 Å². The van der Waals surface area contributed by atoms with Crippen LogP contribution in [0.3, 0.4) is 0 Å². The van der Waals surface area contributed by atoms with E-state index in [1.807, 2.05) is 62.4 Å². The Kier molecular flexibility index (Phi) is 6.29. The van der Waals surface area contributed by atoms with Crippen LogP contribution >= 0.6 is 0 Å². The van der Waals surface area contributed by atoms with Crippen LogP contribution < -0.4 is 15.5 Å². The molecule has 0 bridgehead atoms. The fourth-order valence-electron chi connectivity index (χ4n) is 2.96. The van der Waals surface area contributed by atoms with E-state index in [0.717, 1.165) is 28.2 Å². The van der Waals surface area contributed by atoms with Gasteiger partial charge in [-0.1, -0.05) is 30.3 Å². The molecule has 0 heterocycles. The Morgan fingerprint density at radius 2 is 1.55 bits per heavy atom. The molecule has 0 atom stereocenters. The Morgan fingerprint density at radius 3 is 2.24 bits per heavy atom. The number of benzene rings is 3. The summed E-state index contributed by atoms with van der Waals surface area (Å²) in [5, 5.41) is 6.01. The summed E-state index contributed by atoms with van der Waals surface area (Å²) in [5.74, 6) is -0.210. The molecule has 5 nitrogen and oxygen atoms in total. The molecule has 5 heteroatoms. The van der Waals surface area contributed by atoms with Crippen molar-refractivity contribution in [3.05, 3.63) is 89.5 Å². The second kappa shape index (κ2) is 9.06. The van der Waals surface area contributed by atoms with Gasteiger partial charge in [-0.05, 0) is 67.4 Å². The molecule has 0 aromatic heterocycles. The van der Waals surface area contributed by atoms with E-state index >= 15 is 0 Å². The highest BCUT2D eigenvalue weighted by Gasteiger charge is 2.13. The molecule has 29 heavy (non-hydrogen) atoms. The van der Waals surface area contributed by atoms with Crippen LogP contribution in [0.15, 0.2) is 72.8 Å². The predicted octanol–water partition coefficient (Wildman–Crippen LogP) is 4.63. The molecule has 148 valence electrons. The van der Waals surface area contributed by atoms with E-state index in [4.69, 9.17) is 0 Å². The molecule has 0 saturated heterocycles. The molecule has 2 amide bonds. The molecule has 3 aromatic carbocycles. The largest absolute Gasteiger partial charge is 0.376 e. The van der Waals surface area contributed by atoms with Crippen LogP contribution in [-0.4, -0.2) is 25.4 Å². The average Bonchev–Trinajstić information content (AvgIpc) is 2.75. The second-order valence-electron chi connectivity index (χ2n) is 6.93. The normalized spacial score (nSPS) is 10.3. The highest BCUT2D eigenvalue weighted by Crippen LogP contribution is 2.18. The summed E-state index contributed by atoms with van der Waals surface area (Å²) in [4.78, 5) is 26.5. The summed E-state index contributed by atoms with van der Waals surface area (Å²) in [6.07, 6.45) is 0. The Bertz CT molecular complexity index is 998. The summed E-state index contributed by atoms with van der Waals surface area (Å²) in [6, 6.07) is 22.4. The third kappa shape index (κ3) is 5.02. The summed E-state index contributed by atoms with van der Waals surface area (Å²) in [5.41, 5.74) is 5.22. The quantitative estimate of drug-likeness (QED) is 0.648. The summed E-state index contributed by atoms with van der Waals surface area (Å²) in [6.45, 7) is 4.15. The first-order valence-electron chi connectivity index (χ1n) is 9.49. The van der Waals surface area contributed by atoms with E-state index in [2.05, 4.69) is 10.6 Å². The van der Waals surface area contributed by atoms with Gasteiger partial charge in [0.1, 0.15) is 0 Å². The lowest BCUT2D eigenvalue weighted by atomic mass is 10.1. The molecule has 0 aliphatic rings. The van der Waals surface area contributed by atoms with Crippen molar-refractivity contribution in [2.45, 2.75) is 13.8 Å². The molecule has 0 radical (unpaired) electrons. The van der Waals surface area contributed by atoms with Gasteiger partial charge in [-0.3, -0.25) is 9.59 Å². The Hall–Kier alpha value is -3.60. The van der Waals surface area contributed by atoms with Crippen molar-refractivity contribution in [2.75, 3.05) is 29.1 Å². The van der Waals surface area contributed by atoms with Crippen molar-refractivity contribution in [2.24, 2.45) is 0 Å². The topological polar surface area (TPSA) is 61.4 Å². The fourth-order valence-corrected chi connectivity index (χ4v) is 2.96. The smallest absolute Gasteiger partial charge is 0.258 e. The number of hydrogen-bond donors (Lipinski definition) is 2. The van der Waals surface area contributed by atoms with Crippen molar-refractivity contribution in [3.63, 3.8) is 0 Å². The van der Waals surface area contributed by atoms with Crippen LogP contribution in [0.2, 0.25) is 0 Å². The number of rotatable bonds is 6. The fraction of sp³-hybridized carbons (Fsp3) is 0.167. The highest BCUT2D eigenvalue weighted by atomic mass is 16.2. The van der Waals surface area contributed by atoms with Crippen LogP contribution in [0.25, 0.3) is 0 Å². The van der Waals surface area contributed by atoms with Crippen LogP contribution in [0.4, 0.5) is 17.1 Å². The third-order valence-electron chi connectivity index (χ3n) is 4.91. The minimum Gasteiger partial charge on any atom is -0.376 e.